The number of likely N-dealkylation sites (N-methyl/N-ethyl adjacent to an activating group) is 1. The molecule has 0 aliphatic carbocycles. The van der Waals surface area contributed by atoms with Crippen molar-refractivity contribution >= 4 is 17.6 Å². The summed E-state index contributed by atoms with van der Waals surface area (Å²) >= 11 is 0. The minimum Gasteiger partial charge on any atom is -0.481 e. The zero-order valence-corrected chi connectivity index (χ0v) is 13.1. The predicted molar refractivity (Wildman–Crippen MR) is 83.5 cm³/mol. The fourth-order valence-corrected chi connectivity index (χ4v) is 1.86. The van der Waals surface area contributed by atoms with Gasteiger partial charge in [0.25, 0.3) is 0 Å². The van der Waals surface area contributed by atoms with Crippen LogP contribution in [0.25, 0.3) is 0 Å². The van der Waals surface area contributed by atoms with Crippen molar-refractivity contribution in [2.24, 2.45) is 0 Å². The van der Waals surface area contributed by atoms with Gasteiger partial charge in [-0.2, -0.15) is 0 Å². The molecule has 1 aromatic carbocycles. The molecule has 0 atom stereocenters. The van der Waals surface area contributed by atoms with Crippen LogP contribution in [0.3, 0.4) is 0 Å². The molecule has 0 fully saturated rings. The number of hydrogen-bond donors (Lipinski definition) is 2. The normalized spacial score (nSPS) is 11.5. The van der Waals surface area contributed by atoms with Crippen LogP contribution in [0.1, 0.15) is 32.8 Å². The Morgan fingerprint density at radius 2 is 1.76 bits per heavy atom. The highest BCUT2D eigenvalue weighted by Gasteiger charge is 2.13. The molecule has 21 heavy (non-hydrogen) atoms. The second-order valence-corrected chi connectivity index (χ2v) is 6.26. The first kappa shape index (κ1) is 17.2. The Hall–Kier alpha value is -1.88. The van der Waals surface area contributed by atoms with Crippen LogP contribution in [0, 0.1) is 0 Å². The largest absolute Gasteiger partial charge is 0.481 e. The number of anilines is 1. The van der Waals surface area contributed by atoms with Crippen LogP contribution >= 0.6 is 0 Å². The van der Waals surface area contributed by atoms with Gasteiger partial charge in [0.15, 0.2) is 0 Å². The van der Waals surface area contributed by atoms with Gasteiger partial charge < -0.3 is 10.4 Å². The minimum atomic E-state index is -0.861. The van der Waals surface area contributed by atoms with Gasteiger partial charge in [-0.15, -0.1) is 0 Å². The minimum absolute atomic E-state index is 0.0318. The predicted octanol–water partition coefficient (Wildman–Crippen LogP) is 2.33. The molecule has 0 heterocycles. The van der Waals surface area contributed by atoms with Gasteiger partial charge in [-0.25, -0.2) is 0 Å². The third kappa shape index (κ3) is 6.40. The van der Waals surface area contributed by atoms with Crippen LogP contribution < -0.4 is 5.32 Å². The van der Waals surface area contributed by atoms with Crippen molar-refractivity contribution < 1.29 is 14.7 Å². The van der Waals surface area contributed by atoms with Gasteiger partial charge in [-0.1, -0.05) is 32.9 Å². The summed E-state index contributed by atoms with van der Waals surface area (Å²) in [7, 11) is 1.73. The molecular weight excluding hydrogens is 268 g/mol. The van der Waals surface area contributed by atoms with Crippen LogP contribution in [-0.4, -0.2) is 42.0 Å². The van der Waals surface area contributed by atoms with Gasteiger partial charge in [0.1, 0.15) is 0 Å². The zero-order chi connectivity index (χ0) is 16.0. The molecule has 0 aromatic heterocycles. The summed E-state index contributed by atoms with van der Waals surface area (Å²) in [6.07, 6.45) is 0.0318. The summed E-state index contributed by atoms with van der Waals surface area (Å²) in [5, 5.41) is 11.4. The van der Waals surface area contributed by atoms with E-state index >= 15 is 0 Å². The van der Waals surface area contributed by atoms with E-state index in [4.69, 9.17) is 5.11 Å². The lowest BCUT2D eigenvalue weighted by Gasteiger charge is -2.19. The maximum Gasteiger partial charge on any atom is 0.304 e. The van der Waals surface area contributed by atoms with Crippen LogP contribution in [0.15, 0.2) is 24.3 Å². The Morgan fingerprint density at radius 1 is 1.19 bits per heavy atom. The standard InChI is InChI=1S/C16H24N2O3/c1-16(2,3)12-5-7-13(8-6-12)17-14(19)11-18(4)10-9-15(20)21/h5-8H,9-11H2,1-4H3,(H,17,19)(H,20,21). The summed E-state index contributed by atoms with van der Waals surface area (Å²) in [5.41, 5.74) is 2.04. The number of aliphatic carboxylic acids is 1. The quantitative estimate of drug-likeness (QED) is 0.844. The van der Waals surface area contributed by atoms with Gasteiger partial charge in [0, 0.05) is 12.2 Å². The second kappa shape index (κ2) is 7.22. The smallest absolute Gasteiger partial charge is 0.304 e. The van der Waals surface area contributed by atoms with Crippen molar-refractivity contribution in [3.8, 4) is 0 Å². The van der Waals surface area contributed by atoms with Crippen molar-refractivity contribution in [1.29, 1.82) is 0 Å². The third-order valence-corrected chi connectivity index (χ3v) is 3.16. The number of carboxylic acids is 1. The molecule has 0 bridgehead atoms. The average Bonchev–Trinajstić information content (AvgIpc) is 2.35. The van der Waals surface area contributed by atoms with E-state index in [0.717, 1.165) is 5.69 Å². The van der Waals surface area contributed by atoms with Crippen molar-refractivity contribution in [2.45, 2.75) is 32.6 Å². The topological polar surface area (TPSA) is 69.6 Å². The van der Waals surface area contributed by atoms with Gasteiger partial charge in [0.2, 0.25) is 5.91 Å². The number of nitrogens with zero attached hydrogens (tertiary/aromatic N) is 1. The lowest BCUT2D eigenvalue weighted by molar-refractivity contribution is -0.137. The van der Waals surface area contributed by atoms with Crippen LogP contribution in [-0.2, 0) is 15.0 Å². The number of nitrogens with one attached hydrogen (secondary N) is 1. The maximum absolute atomic E-state index is 11.8. The zero-order valence-electron chi connectivity index (χ0n) is 13.1. The van der Waals surface area contributed by atoms with E-state index in [9.17, 15) is 9.59 Å². The highest BCUT2D eigenvalue weighted by atomic mass is 16.4. The SMILES string of the molecule is CN(CCC(=O)O)CC(=O)Nc1ccc(C(C)(C)C)cc1. The van der Waals surface area contributed by atoms with Crippen molar-refractivity contribution in [1.82, 2.24) is 4.90 Å². The molecule has 1 rings (SSSR count). The molecule has 0 radical (unpaired) electrons. The van der Waals surface area contributed by atoms with Gasteiger partial charge in [0.05, 0.1) is 13.0 Å². The molecule has 0 unspecified atom stereocenters. The lowest BCUT2D eigenvalue weighted by atomic mass is 9.87. The maximum atomic E-state index is 11.8. The summed E-state index contributed by atoms with van der Waals surface area (Å²) in [6, 6.07) is 7.78. The highest BCUT2D eigenvalue weighted by molar-refractivity contribution is 5.92. The van der Waals surface area contributed by atoms with E-state index in [0.29, 0.717) is 6.54 Å². The number of rotatable bonds is 6. The monoisotopic (exact) mass is 292 g/mol. The molecule has 0 spiro atoms. The fourth-order valence-electron chi connectivity index (χ4n) is 1.86. The first-order chi connectivity index (χ1) is 9.68. The molecule has 1 aromatic rings. The number of amides is 1. The Morgan fingerprint density at radius 3 is 2.24 bits per heavy atom. The number of carbonyl (C=O) groups is 2. The fraction of sp³-hybridized carbons (Fsp3) is 0.500. The van der Waals surface area contributed by atoms with Crippen molar-refractivity contribution in [3.05, 3.63) is 29.8 Å². The van der Waals surface area contributed by atoms with E-state index in [2.05, 4.69) is 26.1 Å². The number of carbonyl (C=O) groups excluding carboxylic acids is 1. The van der Waals surface area contributed by atoms with Crippen molar-refractivity contribution in [2.75, 3.05) is 25.5 Å². The van der Waals surface area contributed by atoms with E-state index < -0.39 is 5.97 Å². The Labute approximate surface area is 126 Å². The Kier molecular flexibility index (Phi) is 5.90. The summed E-state index contributed by atoms with van der Waals surface area (Å²) in [6.45, 7) is 6.94. The molecule has 1 amide bonds. The molecule has 5 nitrogen and oxygen atoms in total. The van der Waals surface area contributed by atoms with Gasteiger partial charge in [-0.3, -0.25) is 14.5 Å². The highest BCUT2D eigenvalue weighted by Crippen LogP contribution is 2.23. The number of carboxylic acid groups (broad SMARTS) is 1. The van der Waals surface area contributed by atoms with E-state index in [1.54, 1.807) is 11.9 Å². The second-order valence-electron chi connectivity index (χ2n) is 6.26. The molecule has 0 aliphatic rings. The molecule has 0 saturated carbocycles. The third-order valence-electron chi connectivity index (χ3n) is 3.16. The molecule has 2 N–H and O–H groups in total. The van der Waals surface area contributed by atoms with E-state index in [-0.39, 0.29) is 24.3 Å². The molecule has 0 aliphatic heterocycles. The lowest BCUT2D eigenvalue weighted by Crippen LogP contribution is -2.31. The summed E-state index contributed by atoms with van der Waals surface area (Å²) in [5.74, 6) is -1.01. The number of benzene rings is 1. The van der Waals surface area contributed by atoms with E-state index in [1.165, 1.54) is 5.56 Å². The first-order valence-corrected chi connectivity index (χ1v) is 6.99. The molecule has 5 heteroatoms. The molecular formula is C16H24N2O3. The van der Waals surface area contributed by atoms with Crippen LogP contribution in [0.4, 0.5) is 5.69 Å². The summed E-state index contributed by atoms with van der Waals surface area (Å²) in [4.78, 5) is 24.0. The Bertz CT molecular complexity index is 489. The van der Waals surface area contributed by atoms with Crippen molar-refractivity contribution in [3.63, 3.8) is 0 Å². The number of hydrogen-bond acceptors (Lipinski definition) is 3. The van der Waals surface area contributed by atoms with Crippen LogP contribution in [0.2, 0.25) is 0 Å². The molecule has 116 valence electrons. The Balaban J connectivity index is 2.49. The molecule has 0 saturated heterocycles. The van der Waals surface area contributed by atoms with Crippen LogP contribution in [0.5, 0.6) is 0 Å². The van der Waals surface area contributed by atoms with E-state index in [1.807, 2.05) is 24.3 Å². The van der Waals surface area contributed by atoms with Gasteiger partial charge >= 0.3 is 5.97 Å². The van der Waals surface area contributed by atoms with Gasteiger partial charge in [-0.05, 0) is 30.2 Å². The first-order valence-electron chi connectivity index (χ1n) is 6.99. The summed E-state index contributed by atoms with van der Waals surface area (Å²) < 4.78 is 0. The average molecular weight is 292 g/mol.